The Hall–Kier alpha value is -1.84. The predicted octanol–water partition coefficient (Wildman–Crippen LogP) is 2.60. The van der Waals surface area contributed by atoms with Gasteiger partial charge in [-0.15, -0.1) is 6.58 Å². The molecule has 0 aliphatic heterocycles. The fourth-order valence-electron chi connectivity index (χ4n) is 1.49. The van der Waals surface area contributed by atoms with Gasteiger partial charge in [0.15, 0.2) is 0 Å². The summed E-state index contributed by atoms with van der Waals surface area (Å²) in [6.45, 7) is 7.14. The Labute approximate surface area is 109 Å². The minimum atomic E-state index is -0.0612. The van der Waals surface area contributed by atoms with E-state index >= 15 is 0 Å². The van der Waals surface area contributed by atoms with E-state index in [2.05, 4.69) is 29.1 Å². The first-order chi connectivity index (χ1) is 8.77. The summed E-state index contributed by atoms with van der Waals surface area (Å²) in [6.07, 6.45) is 6.66. The van der Waals surface area contributed by atoms with E-state index in [1.54, 1.807) is 24.4 Å². The second-order valence-corrected chi connectivity index (χ2v) is 4.06. The van der Waals surface area contributed by atoms with Gasteiger partial charge in [0.1, 0.15) is 5.82 Å². The average Bonchev–Trinajstić information content (AvgIpc) is 2.41. The van der Waals surface area contributed by atoms with Crippen LogP contribution in [0.5, 0.6) is 0 Å². The molecule has 98 valence electrons. The second kappa shape index (κ2) is 8.28. The van der Waals surface area contributed by atoms with Crippen molar-refractivity contribution in [2.75, 3.05) is 18.4 Å². The first-order valence-corrected chi connectivity index (χ1v) is 6.37. The fourth-order valence-corrected chi connectivity index (χ4v) is 1.49. The maximum Gasteiger partial charge on any atom is 0.252 e. The summed E-state index contributed by atoms with van der Waals surface area (Å²) in [5.41, 5.74) is 0.593. The zero-order chi connectivity index (χ0) is 13.2. The summed E-state index contributed by atoms with van der Waals surface area (Å²) in [5.74, 6) is 0.686. The first kappa shape index (κ1) is 14.2. The number of aromatic nitrogens is 1. The molecule has 0 unspecified atom stereocenters. The molecule has 18 heavy (non-hydrogen) atoms. The van der Waals surface area contributed by atoms with Crippen molar-refractivity contribution in [2.24, 2.45) is 0 Å². The minimum Gasteiger partial charge on any atom is -0.367 e. The van der Waals surface area contributed by atoms with Crippen LogP contribution >= 0.6 is 0 Å². The second-order valence-electron chi connectivity index (χ2n) is 4.06. The molecule has 1 amide bonds. The number of anilines is 1. The summed E-state index contributed by atoms with van der Waals surface area (Å²) in [6, 6.07) is 3.57. The minimum absolute atomic E-state index is 0.0612. The van der Waals surface area contributed by atoms with Gasteiger partial charge in [-0.25, -0.2) is 4.98 Å². The maximum absolute atomic E-state index is 11.7. The summed E-state index contributed by atoms with van der Waals surface area (Å²) < 4.78 is 0. The van der Waals surface area contributed by atoms with Crippen LogP contribution in [0, 0.1) is 0 Å². The highest BCUT2D eigenvalue weighted by Crippen LogP contribution is 2.04. The Morgan fingerprint density at radius 3 is 2.89 bits per heavy atom. The Morgan fingerprint density at radius 2 is 2.28 bits per heavy atom. The Balaban J connectivity index is 2.41. The smallest absolute Gasteiger partial charge is 0.252 e. The Kier molecular flexibility index (Phi) is 6.54. The van der Waals surface area contributed by atoms with E-state index in [4.69, 9.17) is 0 Å². The molecule has 0 saturated heterocycles. The van der Waals surface area contributed by atoms with Crippen molar-refractivity contribution in [3.8, 4) is 0 Å². The standard InChI is InChI=1S/C14H21N3O/c1-3-5-6-10-16-14(18)12-7-8-13(17-11-12)15-9-4-2/h4,7-8,11H,2-3,5-6,9-10H2,1H3,(H,15,17)(H,16,18). The van der Waals surface area contributed by atoms with E-state index in [0.29, 0.717) is 12.1 Å². The lowest BCUT2D eigenvalue weighted by molar-refractivity contribution is 0.0952. The highest BCUT2D eigenvalue weighted by Gasteiger charge is 2.04. The Bertz CT molecular complexity index is 373. The third-order valence-electron chi connectivity index (χ3n) is 2.52. The van der Waals surface area contributed by atoms with Gasteiger partial charge < -0.3 is 10.6 Å². The lowest BCUT2D eigenvalue weighted by atomic mass is 10.2. The number of pyridine rings is 1. The van der Waals surface area contributed by atoms with Gasteiger partial charge in [-0.1, -0.05) is 25.8 Å². The molecule has 0 aliphatic rings. The van der Waals surface area contributed by atoms with Crippen molar-refractivity contribution in [1.29, 1.82) is 0 Å². The first-order valence-electron chi connectivity index (χ1n) is 6.37. The molecule has 1 heterocycles. The molecule has 2 N–H and O–H groups in total. The van der Waals surface area contributed by atoms with Gasteiger partial charge in [0.05, 0.1) is 5.56 Å². The number of nitrogens with zero attached hydrogens (tertiary/aromatic N) is 1. The lowest BCUT2D eigenvalue weighted by Gasteiger charge is -2.06. The fraction of sp³-hybridized carbons (Fsp3) is 0.429. The molecule has 1 rings (SSSR count). The number of rotatable bonds is 8. The van der Waals surface area contributed by atoms with Crippen molar-refractivity contribution in [3.05, 3.63) is 36.5 Å². The van der Waals surface area contributed by atoms with Gasteiger partial charge in [0.2, 0.25) is 0 Å². The summed E-state index contributed by atoms with van der Waals surface area (Å²) in [5, 5.41) is 5.94. The largest absolute Gasteiger partial charge is 0.367 e. The van der Waals surface area contributed by atoms with Crippen LogP contribution in [0.3, 0.4) is 0 Å². The van der Waals surface area contributed by atoms with Crippen molar-refractivity contribution >= 4 is 11.7 Å². The summed E-state index contributed by atoms with van der Waals surface area (Å²) >= 11 is 0. The molecule has 0 fully saturated rings. The third kappa shape index (κ3) is 4.99. The molecule has 0 atom stereocenters. The summed E-state index contributed by atoms with van der Waals surface area (Å²) in [7, 11) is 0. The maximum atomic E-state index is 11.7. The number of hydrogen-bond donors (Lipinski definition) is 2. The zero-order valence-electron chi connectivity index (χ0n) is 10.9. The Morgan fingerprint density at radius 1 is 1.44 bits per heavy atom. The number of carbonyl (C=O) groups is 1. The number of carbonyl (C=O) groups excluding carboxylic acids is 1. The quantitative estimate of drug-likeness (QED) is 0.548. The monoisotopic (exact) mass is 247 g/mol. The SMILES string of the molecule is C=CCNc1ccc(C(=O)NCCCCC)cn1. The van der Waals surface area contributed by atoms with Gasteiger partial charge in [-0.3, -0.25) is 4.79 Å². The van der Waals surface area contributed by atoms with Crippen LogP contribution in [0.15, 0.2) is 31.0 Å². The van der Waals surface area contributed by atoms with E-state index in [1.807, 2.05) is 0 Å². The molecule has 0 saturated carbocycles. The van der Waals surface area contributed by atoms with Crippen LogP contribution in [0.4, 0.5) is 5.82 Å². The van der Waals surface area contributed by atoms with Gasteiger partial charge in [0, 0.05) is 19.3 Å². The molecule has 4 heteroatoms. The topological polar surface area (TPSA) is 54.0 Å². The average molecular weight is 247 g/mol. The number of unbranched alkanes of at least 4 members (excludes halogenated alkanes) is 2. The van der Waals surface area contributed by atoms with Crippen LogP contribution in [-0.2, 0) is 0 Å². The highest BCUT2D eigenvalue weighted by atomic mass is 16.1. The van der Waals surface area contributed by atoms with E-state index in [9.17, 15) is 4.79 Å². The van der Waals surface area contributed by atoms with Crippen molar-refractivity contribution in [2.45, 2.75) is 26.2 Å². The molecule has 1 aromatic heterocycles. The molecule has 0 aromatic carbocycles. The van der Waals surface area contributed by atoms with Crippen LogP contribution in [0.2, 0.25) is 0 Å². The van der Waals surface area contributed by atoms with E-state index in [-0.39, 0.29) is 5.91 Å². The lowest BCUT2D eigenvalue weighted by Crippen LogP contribution is -2.24. The van der Waals surface area contributed by atoms with Crippen LogP contribution < -0.4 is 10.6 Å². The normalized spacial score (nSPS) is 9.83. The number of nitrogens with one attached hydrogen (secondary N) is 2. The van der Waals surface area contributed by atoms with Crippen LogP contribution in [0.1, 0.15) is 36.5 Å². The predicted molar refractivity (Wildman–Crippen MR) is 74.8 cm³/mol. The van der Waals surface area contributed by atoms with Gasteiger partial charge in [0.25, 0.3) is 5.91 Å². The molecular weight excluding hydrogens is 226 g/mol. The molecule has 4 nitrogen and oxygen atoms in total. The van der Waals surface area contributed by atoms with E-state index in [1.165, 1.54) is 0 Å². The highest BCUT2D eigenvalue weighted by molar-refractivity contribution is 5.93. The molecule has 0 radical (unpaired) electrons. The number of hydrogen-bond acceptors (Lipinski definition) is 3. The van der Waals surface area contributed by atoms with Crippen molar-refractivity contribution in [1.82, 2.24) is 10.3 Å². The van der Waals surface area contributed by atoms with E-state index in [0.717, 1.165) is 31.6 Å². The van der Waals surface area contributed by atoms with Gasteiger partial charge >= 0.3 is 0 Å². The third-order valence-corrected chi connectivity index (χ3v) is 2.52. The zero-order valence-corrected chi connectivity index (χ0v) is 10.9. The van der Waals surface area contributed by atoms with Crippen LogP contribution in [-0.4, -0.2) is 24.0 Å². The molecule has 1 aromatic rings. The van der Waals surface area contributed by atoms with Crippen molar-refractivity contribution in [3.63, 3.8) is 0 Å². The van der Waals surface area contributed by atoms with Gasteiger partial charge in [-0.2, -0.15) is 0 Å². The van der Waals surface area contributed by atoms with Crippen molar-refractivity contribution < 1.29 is 4.79 Å². The molecule has 0 spiro atoms. The number of amides is 1. The van der Waals surface area contributed by atoms with Crippen LogP contribution in [0.25, 0.3) is 0 Å². The van der Waals surface area contributed by atoms with Gasteiger partial charge in [-0.05, 0) is 18.6 Å². The van der Waals surface area contributed by atoms with E-state index < -0.39 is 0 Å². The molecule has 0 bridgehead atoms. The summed E-state index contributed by atoms with van der Waals surface area (Å²) in [4.78, 5) is 15.9. The molecular formula is C14H21N3O. The molecule has 0 aliphatic carbocycles.